The van der Waals surface area contributed by atoms with Crippen molar-refractivity contribution in [2.45, 2.75) is 12.5 Å². The summed E-state index contributed by atoms with van der Waals surface area (Å²) in [5, 5.41) is 3.18. The molecule has 0 aliphatic carbocycles. The van der Waals surface area contributed by atoms with Crippen LogP contribution in [0.25, 0.3) is 0 Å². The molecule has 1 aliphatic heterocycles. The topological polar surface area (TPSA) is 15.3 Å². The van der Waals surface area contributed by atoms with E-state index in [1.54, 1.807) is 6.08 Å². The molecule has 1 atom stereocenters. The van der Waals surface area contributed by atoms with Gasteiger partial charge in [-0.25, -0.2) is 8.78 Å². The molecule has 1 fully saturated rings. The zero-order chi connectivity index (χ0) is 13.8. The molecule has 2 rings (SSSR count). The zero-order valence-electron chi connectivity index (χ0n) is 11.4. The van der Waals surface area contributed by atoms with Crippen molar-refractivity contribution in [1.29, 1.82) is 0 Å². The first-order chi connectivity index (χ1) is 9.15. The maximum atomic E-state index is 14.1. The van der Waals surface area contributed by atoms with Gasteiger partial charge in [-0.15, -0.1) is 31.4 Å². The lowest BCUT2D eigenvalue weighted by Gasteiger charge is -2.35. The Morgan fingerprint density at radius 1 is 1.29 bits per heavy atom. The molecule has 120 valence electrons. The smallest absolute Gasteiger partial charge is 0.149 e. The predicted octanol–water partition coefficient (Wildman–Crippen LogP) is 3.98. The van der Waals surface area contributed by atoms with Gasteiger partial charge in [-0.3, -0.25) is 4.90 Å². The molecule has 2 nitrogen and oxygen atoms in total. The highest BCUT2D eigenvalue weighted by molar-refractivity contribution is 6.30. The van der Waals surface area contributed by atoms with E-state index in [-0.39, 0.29) is 41.4 Å². The highest BCUT2D eigenvalue weighted by Crippen LogP contribution is 2.32. The van der Waals surface area contributed by atoms with Gasteiger partial charge in [0, 0.05) is 37.8 Å². The van der Waals surface area contributed by atoms with Crippen LogP contribution in [0.5, 0.6) is 0 Å². The number of halogens is 5. The van der Waals surface area contributed by atoms with Gasteiger partial charge in [0.15, 0.2) is 0 Å². The minimum absolute atomic E-state index is 0. The zero-order valence-corrected chi connectivity index (χ0v) is 13.8. The molecule has 1 aromatic rings. The van der Waals surface area contributed by atoms with Crippen molar-refractivity contribution in [3.05, 3.63) is 47.0 Å². The van der Waals surface area contributed by atoms with Crippen LogP contribution in [0.1, 0.15) is 18.0 Å². The Bertz CT molecular complexity index is 466. The van der Waals surface area contributed by atoms with Gasteiger partial charge in [0.05, 0.1) is 5.02 Å². The van der Waals surface area contributed by atoms with Crippen molar-refractivity contribution in [1.82, 2.24) is 10.2 Å². The van der Waals surface area contributed by atoms with Crippen molar-refractivity contribution < 1.29 is 8.78 Å². The van der Waals surface area contributed by atoms with E-state index in [0.717, 1.165) is 26.2 Å². The number of nitrogens with one attached hydrogen (secondary N) is 1. The van der Waals surface area contributed by atoms with Crippen LogP contribution in [0.2, 0.25) is 5.02 Å². The summed E-state index contributed by atoms with van der Waals surface area (Å²) in [4.78, 5) is 2.07. The van der Waals surface area contributed by atoms with Crippen molar-refractivity contribution in [2.75, 3.05) is 26.2 Å². The van der Waals surface area contributed by atoms with E-state index in [0.29, 0.717) is 6.42 Å². The standard InChI is InChI=1S/C14H17ClF2N2.2ClH/c1-2-3-12(19-8-6-18-7-9-19)13-11(16)5-4-10(15)14(13)17;;/h2,4-5,12,18H,1,3,6-9H2;2*1H/t12-;;/m0../s1. The molecule has 0 radical (unpaired) electrons. The largest absolute Gasteiger partial charge is 0.314 e. The number of benzene rings is 1. The van der Waals surface area contributed by atoms with E-state index < -0.39 is 11.6 Å². The van der Waals surface area contributed by atoms with Crippen LogP contribution in [0.3, 0.4) is 0 Å². The summed E-state index contributed by atoms with van der Waals surface area (Å²) in [5.41, 5.74) is 0.0503. The van der Waals surface area contributed by atoms with Gasteiger partial charge in [0.1, 0.15) is 11.6 Å². The summed E-state index contributed by atoms with van der Waals surface area (Å²) >= 11 is 5.77. The van der Waals surface area contributed by atoms with Gasteiger partial charge in [-0.05, 0) is 18.6 Å². The first-order valence-corrected chi connectivity index (χ1v) is 6.72. The quantitative estimate of drug-likeness (QED) is 0.646. The second-order valence-electron chi connectivity index (χ2n) is 4.58. The number of piperazine rings is 1. The van der Waals surface area contributed by atoms with Gasteiger partial charge >= 0.3 is 0 Å². The van der Waals surface area contributed by atoms with Gasteiger partial charge < -0.3 is 5.32 Å². The van der Waals surface area contributed by atoms with Crippen LogP contribution in [-0.2, 0) is 0 Å². The van der Waals surface area contributed by atoms with E-state index in [1.165, 1.54) is 12.1 Å². The molecule has 1 heterocycles. The number of nitrogens with zero attached hydrogens (tertiary/aromatic N) is 1. The van der Waals surface area contributed by atoms with Gasteiger partial charge in [-0.1, -0.05) is 17.7 Å². The normalized spacial score (nSPS) is 16.5. The third-order valence-corrected chi connectivity index (χ3v) is 3.69. The summed E-state index contributed by atoms with van der Waals surface area (Å²) in [5.74, 6) is -1.21. The Hall–Kier alpha value is -0.390. The van der Waals surface area contributed by atoms with E-state index in [9.17, 15) is 8.78 Å². The molecule has 1 aromatic carbocycles. The lowest BCUT2D eigenvalue weighted by atomic mass is 10.00. The van der Waals surface area contributed by atoms with Crippen LogP contribution in [0, 0.1) is 11.6 Å². The molecule has 7 heteroatoms. The molecule has 21 heavy (non-hydrogen) atoms. The summed E-state index contributed by atoms with van der Waals surface area (Å²) < 4.78 is 28.1. The summed E-state index contributed by atoms with van der Waals surface area (Å²) in [6.45, 7) is 6.82. The van der Waals surface area contributed by atoms with E-state index >= 15 is 0 Å². The first kappa shape index (κ1) is 20.6. The molecular weight excluding hydrogens is 341 g/mol. The average molecular weight is 360 g/mol. The number of hydrogen-bond donors (Lipinski definition) is 1. The molecule has 0 unspecified atom stereocenters. The lowest BCUT2D eigenvalue weighted by Crippen LogP contribution is -2.45. The molecule has 1 aliphatic rings. The van der Waals surface area contributed by atoms with Crippen LogP contribution in [-0.4, -0.2) is 31.1 Å². The first-order valence-electron chi connectivity index (χ1n) is 6.34. The van der Waals surface area contributed by atoms with Gasteiger partial charge in [-0.2, -0.15) is 0 Å². The maximum absolute atomic E-state index is 14.1. The fraction of sp³-hybridized carbons (Fsp3) is 0.429. The van der Waals surface area contributed by atoms with E-state index in [2.05, 4.69) is 16.8 Å². The molecule has 0 saturated carbocycles. The second-order valence-corrected chi connectivity index (χ2v) is 4.99. The Balaban J connectivity index is 0.00000200. The molecule has 1 saturated heterocycles. The van der Waals surface area contributed by atoms with Crippen molar-refractivity contribution in [2.24, 2.45) is 0 Å². The number of rotatable bonds is 4. The average Bonchev–Trinajstić information content (AvgIpc) is 2.43. The molecule has 0 bridgehead atoms. The summed E-state index contributed by atoms with van der Waals surface area (Å²) in [7, 11) is 0. The predicted molar refractivity (Wildman–Crippen MR) is 87.9 cm³/mol. The summed E-state index contributed by atoms with van der Waals surface area (Å²) in [6.07, 6.45) is 2.18. The van der Waals surface area contributed by atoms with Crippen LogP contribution < -0.4 is 5.32 Å². The fourth-order valence-corrected chi connectivity index (χ4v) is 2.61. The molecule has 0 aromatic heterocycles. The third kappa shape index (κ3) is 4.80. The Morgan fingerprint density at radius 3 is 2.48 bits per heavy atom. The van der Waals surface area contributed by atoms with E-state index in [4.69, 9.17) is 11.6 Å². The van der Waals surface area contributed by atoms with Gasteiger partial charge in [0.2, 0.25) is 0 Å². The lowest BCUT2D eigenvalue weighted by molar-refractivity contribution is 0.168. The molecule has 1 N–H and O–H groups in total. The molecular formula is C14H19Cl3F2N2. The Morgan fingerprint density at radius 2 is 1.90 bits per heavy atom. The van der Waals surface area contributed by atoms with Crippen LogP contribution >= 0.6 is 36.4 Å². The van der Waals surface area contributed by atoms with Crippen molar-refractivity contribution in [3.8, 4) is 0 Å². The molecule has 0 spiro atoms. The number of hydrogen-bond acceptors (Lipinski definition) is 2. The van der Waals surface area contributed by atoms with E-state index in [1.807, 2.05) is 0 Å². The van der Waals surface area contributed by atoms with Gasteiger partial charge in [0.25, 0.3) is 0 Å². The molecule has 0 amide bonds. The SMILES string of the molecule is C=CC[C@@H](c1c(F)ccc(Cl)c1F)N1CCNCC1.Cl.Cl. The Kier molecular flexibility index (Phi) is 9.41. The van der Waals surface area contributed by atoms with Crippen LogP contribution in [0.15, 0.2) is 24.8 Å². The fourth-order valence-electron chi connectivity index (χ4n) is 2.45. The minimum Gasteiger partial charge on any atom is -0.314 e. The van der Waals surface area contributed by atoms with Crippen molar-refractivity contribution in [3.63, 3.8) is 0 Å². The maximum Gasteiger partial charge on any atom is 0.149 e. The third-order valence-electron chi connectivity index (χ3n) is 3.39. The van der Waals surface area contributed by atoms with Crippen molar-refractivity contribution >= 4 is 36.4 Å². The highest BCUT2D eigenvalue weighted by Gasteiger charge is 2.27. The van der Waals surface area contributed by atoms with Crippen LogP contribution in [0.4, 0.5) is 8.78 Å². The highest BCUT2D eigenvalue weighted by atomic mass is 35.5. The second kappa shape index (κ2) is 9.59. The minimum atomic E-state index is -0.660. The monoisotopic (exact) mass is 358 g/mol. The summed E-state index contributed by atoms with van der Waals surface area (Å²) in [6, 6.07) is 2.12. The Labute approximate surface area is 141 Å².